The number of hydrogen-bond donors (Lipinski definition) is 1. The van der Waals surface area contributed by atoms with Gasteiger partial charge in [0, 0.05) is 35.3 Å². The molecule has 0 aliphatic rings. The summed E-state index contributed by atoms with van der Waals surface area (Å²) in [5, 5.41) is 14.7. The van der Waals surface area contributed by atoms with Crippen molar-refractivity contribution in [3.05, 3.63) is 62.1 Å². The summed E-state index contributed by atoms with van der Waals surface area (Å²) in [5.74, 6) is -1.16. The first kappa shape index (κ1) is 30.1. The van der Waals surface area contributed by atoms with Crippen LogP contribution in [-0.4, -0.2) is 62.6 Å². The van der Waals surface area contributed by atoms with Gasteiger partial charge in [-0.15, -0.1) is 0 Å². The Bertz CT molecular complexity index is 1270. The molecule has 0 fully saturated rings. The number of halogens is 2. The van der Waals surface area contributed by atoms with E-state index in [9.17, 15) is 28.1 Å². The van der Waals surface area contributed by atoms with Crippen LogP contribution in [0.5, 0.6) is 5.75 Å². The van der Waals surface area contributed by atoms with Crippen molar-refractivity contribution in [3.8, 4) is 5.75 Å². The van der Waals surface area contributed by atoms with E-state index in [-0.39, 0.29) is 29.4 Å². The number of methoxy groups -OCH3 is 1. The van der Waals surface area contributed by atoms with Gasteiger partial charge in [0.2, 0.25) is 21.8 Å². The second-order valence-corrected chi connectivity index (χ2v) is 10.7. The molecule has 2 rings (SSSR count). The number of hydrogen-bond acceptors (Lipinski definition) is 7. The zero-order valence-electron chi connectivity index (χ0n) is 20.7. The molecule has 0 aliphatic heterocycles. The van der Waals surface area contributed by atoms with Crippen LogP contribution in [0.25, 0.3) is 0 Å². The molecule has 2 aromatic rings. The fourth-order valence-electron chi connectivity index (χ4n) is 3.63. The summed E-state index contributed by atoms with van der Waals surface area (Å²) in [7, 11) is -2.86. The average molecular weight is 575 g/mol. The summed E-state index contributed by atoms with van der Waals surface area (Å²) >= 11 is 12.3. The highest BCUT2D eigenvalue weighted by atomic mass is 35.5. The van der Waals surface area contributed by atoms with Gasteiger partial charge in [0.05, 0.1) is 18.3 Å². The van der Waals surface area contributed by atoms with Crippen LogP contribution < -0.4 is 14.4 Å². The number of rotatable bonds is 12. The number of sulfonamides is 1. The van der Waals surface area contributed by atoms with Crippen molar-refractivity contribution >= 4 is 56.4 Å². The van der Waals surface area contributed by atoms with Gasteiger partial charge in [-0.1, -0.05) is 36.2 Å². The molecule has 0 saturated heterocycles. The maximum atomic E-state index is 13.7. The molecule has 11 nitrogen and oxygen atoms in total. The first-order valence-corrected chi connectivity index (χ1v) is 13.8. The van der Waals surface area contributed by atoms with Crippen molar-refractivity contribution < 1.29 is 27.7 Å². The molecule has 0 radical (unpaired) electrons. The molecule has 1 N–H and O–H groups in total. The maximum Gasteiger partial charge on any atom is 0.271 e. The summed E-state index contributed by atoms with van der Waals surface area (Å²) in [5.41, 5.74) is -0.0976. The van der Waals surface area contributed by atoms with Gasteiger partial charge < -0.3 is 15.0 Å². The third-order valence-corrected chi connectivity index (χ3v) is 7.13. The lowest BCUT2D eigenvalue weighted by atomic mass is 10.1. The minimum Gasteiger partial charge on any atom is -0.495 e. The molecular weight excluding hydrogens is 547 g/mol. The van der Waals surface area contributed by atoms with E-state index >= 15 is 0 Å². The number of ether oxygens (including phenoxy) is 1. The standard InChI is InChI=1S/C23H28Cl2N4O7S/c1-5-19(23(31)26-6-2)27(13-15-7-8-16(24)11-18(15)25)22(30)14-28(37(4,34)35)20-12-17(29(32)33)9-10-21(20)36-3/h7-12,19H,5-6,13-14H2,1-4H3,(H,26,31). The van der Waals surface area contributed by atoms with E-state index in [1.807, 2.05) is 0 Å². The molecule has 0 aromatic heterocycles. The minimum atomic E-state index is -4.13. The summed E-state index contributed by atoms with van der Waals surface area (Å²) in [6.45, 7) is 2.89. The predicted molar refractivity (Wildman–Crippen MR) is 142 cm³/mol. The minimum absolute atomic E-state index is 0.00638. The summed E-state index contributed by atoms with van der Waals surface area (Å²) in [6.07, 6.45) is 1.09. The van der Waals surface area contributed by atoms with Crippen molar-refractivity contribution in [2.75, 3.05) is 30.8 Å². The number of benzene rings is 2. The number of carbonyl (C=O) groups excluding carboxylic acids is 2. The van der Waals surface area contributed by atoms with E-state index in [2.05, 4.69) is 5.32 Å². The van der Waals surface area contributed by atoms with Gasteiger partial charge in [0.15, 0.2) is 0 Å². The van der Waals surface area contributed by atoms with Gasteiger partial charge in [0.1, 0.15) is 24.0 Å². The van der Waals surface area contributed by atoms with Crippen LogP contribution >= 0.6 is 23.2 Å². The number of nitrogens with one attached hydrogen (secondary N) is 1. The number of nitro groups is 1. The van der Waals surface area contributed by atoms with Gasteiger partial charge in [-0.25, -0.2) is 8.42 Å². The lowest BCUT2D eigenvalue weighted by molar-refractivity contribution is -0.384. The van der Waals surface area contributed by atoms with E-state index in [0.717, 1.165) is 18.4 Å². The smallest absolute Gasteiger partial charge is 0.271 e. The molecule has 14 heteroatoms. The first-order chi connectivity index (χ1) is 17.3. The second kappa shape index (κ2) is 12.9. The zero-order chi connectivity index (χ0) is 27.9. The molecular formula is C23H28Cl2N4O7S. The Morgan fingerprint density at radius 3 is 2.35 bits per heavy atom. The summed E-state index contributed by atoms with van der Waals surface area (Å²) in [6, 6.07) is 7.13. The molecule has 1 atom stereocenters. The third-order valence-electron chi connectivity index (χ3n) is 5.41. The Morgan fingerprint density at radius 2 is 1.84 bits per heavy atom. The Kier molecular flexibility index (Phi) is 10.5. The topological polar surface area (TPSA) is 139 Å². The molecule has 1 unspecified atom stereocenters. The van der Waals surface area contributed by atoms with E-state index in [1.165, 1.54) is 24.1 Å². The number of nitrogens with zero attached hydrogens (tertiary/aromatic N) is 3. The highest BCUT2D eigenvalue weighted by molar-refractivity contribution is 7.92. The van der Waals surface area contributed by atoms with Crippen molar-refractivity contribution in [2.24, 2.45) is 0 Å². The van der Waals surface area contributed by atoms with Gasteiger partial charge in [0.25, 0.3) is 5.69 Å². The fourth-order valence-corrected chi connectivity index (χ4v) is 4.94. The molecule has 0 heterocycles. The number of anilines is 1. The number of carbonyl (C=O) groups is 2. The first-order valence-electron chi connectivity index (χ1n) is 11.1. The lowest BCUT2D eigenvalue weighted by Crippen LogP contribution is -2.52. The fraction of sp³-hybridized carbons (Fsp3) is 0.391. The van der Waals surface area contributed by atoms with E-state index < -0.39 is 45.0 Å². The normalized spacial score (nSPS) is 11.9. The van der Waals surface area contributed by atoms with Gasteiger partial charge in [-0.05, 0) is 37.1 Å². The van der Waals surface area contributed by atoms with Crippen LogP contribution in [0.2, 0.25) is 10.0 Å². The van der Waals surface area contributed by atoms with E-state index in [0.29, 0.717) is 21.4 Å². The lowest BCUT2D eigenvalue weighted by Gasteiger charge is -2.33. The van der Waals surface area contributed by atoms with Crippen LogP contribution in [0.15, 0.2) is 36.4 Å². The van der Waals surface area contributed by atoms with Crippen molar-refractivity contribution in [3.63, 3.8) is 0 Å². The monoisotopic (exact) mass is 574 g/mol. The third kappa shape index (κ3) is 7.70. The highest BCUT2D eigenvalue weighted by Gasteiger charge is 2.33. The maximum absolute atomic E-state index is 13.7. The predicted octanol–water partition coefficient (Wildman–Crippen LogP) is 3.62. The second-order valence-electron chi connectivity index (χ2n) is 7.96. The van der Waals surface area contributed by atoms with Crippen LogP contribution in [0, 0.1) is 10.1 Å². The van der Waals surface area contributed by atoms with Gasteiger partial charge in [-0.2, -0.15) is 0 Å². The Balaban J connectivity index is 2.59. The summed E-state index contributed by atoms with van der Waals surface area (Å²) in [4.78, 5) is 38.4. The molecule has 0 aliphatic carbocycles. The van der Waals surface area contributed by atoms with Crippen LogP contribution in [0.4, 0.5) is 11.4 Å². The van der Waals surface area contributed by atoms with Crippen molar-refractivity contribution in [1.82, 2.24) is 10.2 Å². The molecule has 0 spiro atoms. The number of nitro benzene ring substituents is 1. The van der Waals surface area contributed by atoms with Crippen molar-refractivity contribution in [1.29, 1.82) is 0 Å². The Hall–Kier alpha value is -3.09. The zero-order valence-corrected chi connectivity index (χ0v) is 23.1. The molecule has 2 aromatic carbocycles. The molecule has 37 heavy (non-hydrogen) atoms. The highest BCUT2D eigenvalue weighted by Crippen LogP contribution is 2.34. The van der Waals surface area contributed by atoms with Gasteiger partial charge in [-0.3, -0.25) is 24.0 Å². The Morgan fingerprint density at radius 1 is 1.16 bits per heavy atom. The van der Waals surface area contributed by atoms with E-state index in [4.69, 9.17) is 27.9 Å². The van der Waals surface area contributed by atoms with Crippen LogP contribution in [0.3, 0.4) is 0 Å². The largest absolute Gasteiger partial charge is 0.495 e. The average Bonchev–Trinajstić information content (AvgIpc) is 2.82. The van der Waals surface area contributed by atoms with Crippen LogP contribution in [0.1, 0.15) is 25.8 Å². The summed E-state index contributed by atoms with van der Waals surface area (Å²) < 4.78 is 31.5. The Labute approximate surface area is 225 Å². The number of likely N-dealkylation sites (N-methyl/N-ethyl adjacent to an activating group) is 1. The quantitative estimate of drug-likeness (QED) is 0.301. The van der Waals surface area contributed by atoms with Crippen LogP contribution in [-0.2, 0) is 26.2 Å². The molecule has 0 saturated carbocycles. The molecule has 0 bridgehead atoms. The molecule has 2 amide bonds. The van der Waals surface area contributed by atoms with Crippen molar-refractivity contribution in [2.45, 2.75) is 32.9 Å². The van der Waals surface area contributed by atoms with Gasteiger partial charge >= 0.3 is 0 Å². The van der Waals surface area contributed by atoms with E-state index in [1.54, 1.807) is 26.0 Å². The number of non-ortho nitro benzene ring substituents is 1. The molecule has 202 valence electrons. The SMILES string of the molecule is CCNC(=O)C(CC)N(Cc1ccc(Cl)cc1Cl)C(=O)CN(c1cc([N+](=O)[O-])ccc1OC)S(C)(=O)=O. The number of amides is 2.